The molecule has 0 saturated heterocycles. The molecule has 0 aliphatic heterocycles. The molecule has 0 spiro atoms. The summed E-state index contributed by atoms with van der Waals surface area (Å²) in [6.07, 6.45) is 11.3. The van der Waals surface area contributed by atoms with Gasteiger partial charge in [0.15, 0.2) is 0 Å². The highest BCUT2D eigenvalue weighted by atomic mass is 14.7. The van der Waals surface area contributed by atoms with Crippen molar-refractivity contribution in [3.63, 3.8) is 0 Å². The maximum Gasteiger partial charge on any atom is 0.0296 e. The van der Waals surface area contributed by atoms with Gasteiger partial charge in [-0.25, -0.2) is 0 Å². The normalized spacial score (nSPS) is 14.4. The van der Waals surface area contributed by atoms with Crippen LogP contribution in [-0.4, -0.2) is 6.21 Å². The summed E-state index contributed by atoms with van der Waals surface area (Å²) in [4.78, 5) is 4.10. The van der Waals surface area contributed by atoms with E-state index in [1.807, 2.05) is 39.0 Å². The summed E-state index contributed by atoms with van der Waals surface area (Å²) in [6, 6.07) is 0. The van der Waals surface area contributed by atoms with Gasteiger partial charge in [-0.2, -0.15) is 0 Å². The Kier molecular flexibility index (Phi) is 6.52. The van der Waals surface area contributed by atoms with Crippen LogP contribution in [0.2, 0.25) is 0 Å². The first-order valence-corrected chi connectivity index (χ1v) is 4.32. The molecule has 0 fully saturated rings. The number of nitrogens with zero attached hydrogens (tertiary/aromatic N) is 1. The fourth-order valence-corrected chi connectivity index (χ4v) is 0.692. The summed E-state index contributed by atoms with van der Waals surface area (Å²) in [5.74, 6) is 0. The van der Waals surface area contributed by atoms with Crippen LogP contribution in [0.4, 0.5) is 0 Å². The molecule has 0 aliphatic carbocycles. The van der Waals surface area contributed by atoms with Gasteiger partial charge in [0.1, 0.15) is 0 Å². The molecular weight excluding hydrogens is 158 g/mol. The number of allylic oxidation sites excluding steroid dienone is 6. The first-order chi connectivity index (χ1) is 6.20. The minimum absolute atomic E-state index is 1.06. The average Bonchev–Trinajstić information content (AvgIpc) is 2.12. The van der Waals surface area contributed by atoms with Crippen molar-refractivity contribution in [3.05, 3.63) is 48.2 Å². The highest BCUT2D eigenvalue weighted by Crippen LogP contribution is 1.94. The highest BCUT2D eigenvalue weighted by molar-refractivity contribution is 5.73. The fourth-order valence-electron chi connectivity index (χ4n) is 0.692. The second-order valence-electron chi connectivity index (χ2n) is 2.79. The van der Waals surface area contributed by atoms with Crippen LogP contribution in [-0.2, 0) is 0 Å². The van der Waals surface area contributed by atoms with E-state index < -0.39 is 0 Å². The van der Waals surface area contributed by atoms with E-state index in [9.17, 15) is 0 Å². The topological polar surface area (TPSA) is 12.4 Å². The van der Waals surface area contributed by atoms with E-state index in [4.69, 9.17) is 0 Å². The quantitative estimate of drug-likeness (QED) is 0.456. The molecule has 0 unspecified atom stereocenters. The van der Waals surface area contributed by atoms with Crippen LogP contribution in [0.25, 0.3) is 0 Å². The molecule has 0 aromatic rings. The van der Waals surface area contributed by atoms with Gasteiger partial charge >= 0.3 is 0 Å². The van der Waals surface area contributed by atoms with Crippen LogP contribution in [0.15, 0.2) is 53.2 Å². The molecule has 0 rings (SSSR count). The van der Waals surface area contributed by atoms with E-state index in [2.05, 4.69) is 11.6 Å². The van der Waals surface area contributed by atoms with Gasteiger partial charge in [-0.1, -0.05) is 24.8 Å². The molecule has 0 heterocycles. The minimum atomic E-state index is 1.06. The molecule has 0 amide bonds. The number of hydrogen-bond donors (Lipinski definition) is 0. The summed E-state index contributed by atoms with van der Waals surface area (Å²) in [6.45, 7) is 9.63. The Balaban J connectivity index is 4.15. The summed E-state index contributed by atoms with van der Waals surface area (Å²) in [5, 5.41) is 0. The Bertz CT molecular complexity index is 265. The van der Waals surface area contributed by atoms with Crippen molar-refractivity contribution in [2.24, 2.45) is 4.99 Å². The maximum atomic E-state index is 4.10. The molecule has 70 valence electrons. The third-order valence-corrected chi connectivity index (χ3v) is 1.45. The predicted octanol–water partition coefficient (Wildman–Crippen LogP) is 3.67. The summed E-state index contributed by atoms with van der Waals surface area (Å²) in [5.41, 5.74) is 2.25. The SMILES string of the molecule is C=C/C(C)=C/N=C\C=C(C)\C=C/C. The fraction of sp³-hybridized carbons (Fsp3) is 0.250. The number of rotatable bonds is 4. The number of hydrogen-bond acceptors (Lipinski definition) is 1. The molecule has 0 radical (unpaired) electrons. The molecule has 0 atom stereocenters. The molecule has 13 heavy (non-hydrogen) atoms. The van der Waals surface area contributed by atoms with E-state index in [0.29, 0.717) is 0 Å². The van der Waals surface area contributed by atoms with Gasteiger partial charge in [-0.15, -0.1) is 0 Å². The summed E-state index contributed by atoms with van der Waals surface area (Å²) < 4.78 is 0. The number of aliphatic imine (C=N–C) groups is 1. The molecule has 0 aromatic carbocycles. The third kappa shape index (κ3) is 7.01. The van der Waals surface area contributed by atoms with Gasteiger partial charge in [0.2, 0.25) is 0 Å². The monoisotopic (exact) mass is 175 g/mol. The second-order valence-corrected chi connectivity index (χ2v) is 2.79. The van der Waals surface area contributed by atoms with Crippen molar-refractivity contribution in [1.29, 1.82) is 0 Å². The van der Waals surface area contributed by atoms with Crippen LogP contribution in [0.3, 0.4) is 0 Å². The van der Waals surface area contributed by atoms with Crippen molar-refractivity contribution in [2.75, 3.05) is 0 Å². The lowest BCUT2D eigenvalue weighted by molar-refractivity contribution is 1.44. The second kappa shape index (κ2) is 7.29. The smallest absolute Gasteiger partial charge is 0.0296 e. The minimum Gasteiger partial charge on any atom is -0.264 e. The molecule has 1 heteroatoms. The zero-order valence-electron chi connectivity index (χ0n) is 8.62. The lowest BCUT2D eigenvalue weighted by Gasteiger charge is -1.86. The molecular formula is C12H17N. The Morgan fingerprint density at radius 1 is 1.23 bits per heavy atom. The van der Waals surface area contributed by atoms with E-state index in [1.54, 1.807) is 18.5 Å². The third-order valence-electron chi connectivity index (χ3n) is 1.45. The van der Waals surface area contributed by atoms with Crippen LogP contribution in [0.1, 0.15) is 20.8 Å². The Hall–Kier alpha value is -1.37. The summed E-state index contributed by atoms with van der Waals surface area (Å²) in [7, 11) is 0. The van der Waals surface area contributed by atoms with Crippen molar-refractivity contribution >= 4 is 6.21 Å². The van der Waals surface area contributed by atoms with Crippen molar-refractivity contribution in [2.45, 2.75) is 20.8 Å². The highest BCUT2D eigenvalue weighted by Gasteiger charge is 1.76. The van der Waals surface area contributed by atoms with Gasteiger partial charge in [-0.05, 0) is 38.0 Å². The zero-order chi connectivity index (χ0) is 10.1. The van der Waals surface area contributed by atoms with Gasteiger partial charge < -0.3 is 0 Å². The first kappa shape index (κ1) is 11.6. The lowest BCUT2D eigenvalue weighted by atomic mass is 10.3. The van der Waals surface area contributed by atoms with E-state index >= 15 is 0 Å². The zero-order valence-corrected chi connectivity index (χ0v) is 8.62. The Morgan fingerprint density at radius 2 is 1.92 bits per heavy atom. The van der Waals surface area contributed by atoms with Crippen LogP contribution in [0, 0.1) is 0 Å². The summed E-state index contributed by atoms with van der Waals surface area (Å²) >= 11 is 0. The van der Waals surface area contributed by atoms with E-state index in [1.165, 1.54) is 5.57 Å². The van der Waals surface area contributed by atoms with Gasteiger partial charge in [0.25, 0.3) is 0 Å². The lowest BCUT2D eigenvalue weighted by Crippen LogP contribution is -1.70. The van der Waals surface area contributed by atoms with Crippen molar-refractivity contribution in [3.8, 4) is 0 Å². The average molecular weight is 175 g/mol. The van der Waals surface area contributed by atoms with Gasteiger partial charge in [0, 0.05) is 12.4 Å². The van der Waals surface area contributed by atoms with Crippen molar-refractivity contribution < 1.29 is 0 Å². The van der Waals surface area contributed by atoms with Gasteiger partial charge in [0.05, 0.1) is 0 Å². The van der Waals surface area contributed by atoms with Crippen molar-refractivity contribution in [1.82, 2.24) is 0 Å². The standard InChI is InChI=1S/C12H17N/c1-5-7-12(4)8-9-13-10-11(3)6-2/h5-10H,2H2,1,3-4H3/b7-5-,11-10+,12-8+,13-9-. The van der Waals surface area contributed by atoms with E-state index in [0.717, 1.165) is 5.57 Å². The maximum absolute atomic E-state index is 4.10. The van der Waals surface area contributed by atoms with Crippen LogP contribution < -0.4 is 0 Å². The van der Waals surface area contributed by atoms with Crippen LogP contribution >= 0.6 is 0 Å². The first-order valence-electron chi connectivity index (χ1n) is 4.32. The molecule has 0 saturated carbocycles. The van der Waals surface area contributed by atoms with Gasteiger partial charge in [-0.3, -0.25) is 4.99 Å². The molecule has 0 bridgehead atoms. The Labute approximate surface area is 80.9 Å². The predicted molar refractivity (Wildman–Crippen MR) is 61.0 cm³/mol. The van der Waals surface area contributed by atoms with Crippen LogP contribution in [0.5, 0.6) is 0 Å². The molecule has 1 nitrogen and oxygen atoms in total. The molecule has 0 aliphatic rings. The molecule has 0 N–H and O–H groups in total. The Morgan fingerprint density at radius 3 is 2.46 bits per heavy atom. The molecule has 0 aromatic heterocycles. The largest absolute Gasteiger partial charge is 0.264 e. The van der Waals surface area contributed by atoms with E-state index in [-0.39, 0.29) is 0 Å².